The van der Waals surface area contributed by atoms with E-state index < -0.39 is 0 Å². The maximum Gasteiger partial charge on any atom is 0.164 e. The molecule has 7 aromatic carbocycles. The number of nitrogens with zero attached hydrogens (tertiary/aromatic N) is 4. The molecule has 2 atom stereocenters. The molecule has 4 aliphatic rings. The molecule has 4 saturated carbocycles. The quantitative estimate of drug-likeness (QED) is 0.163. The maximum absolute atomic E-state index is 9.25. The molecule has 12 rings (SSSR count). The zero-order valence-corrected chi connectivity index (χ0v) is 32.4. The van der Waals surface area contributed by atoms with Gasteiger partial charge in [0.2, 0.25) is 0 Å². The van der Waals surface area contributed by atoms with Crippen LogP contribution in [0.4, 0.5) is 0 Å². The van der Waals surface area contributed by atoms with Gasteiger partial charge in [0.05, 0.1) is 11.6 Å². The molecule has 278 valence electrons. The van der Waals surface area contributed by atoms with Crippen molar-refractivity contribution in [1.82, 2.24) is 15.0 Å². The molecule has 4 nitrogen and oxygen atoms in total. The Morgan fingerprint density at radius 1 is 0.414 bits per heavy atom. The lowest BCUT2D eigenvalue weighted by molar-refractivity contribution is -0.0281. The maximum atomic E-state index is 9.25. The average Bonchev–Trinajstić information content (AvgIpc) is 3.29. The minimum Gasteiger partial charge on any atom is -0.208 e. The monoisotopic (exact) mass is 746 g/mol. The Morgan fingerprint density at radius 2 is 0.862 bits per heavy atom. The topological polar surface area (TPSA) is 62.5 Å². The molecule has 4 fully saturated rings. The number of rotatable bonds is 7. The van der Waals surface area contributed by atoms with Crippen molar-refractivity contribution in [1.29, 1.82) is 5.26 Å². The van der Waals surface area contributed by atoms with Crippen LogP contribution in [-0.2, 0) is 10.8 Å². The zero-order valence-electron chi connectivity index (χ0n) is 32.4. The molecule has 1 aromatic heterocycles. The highest BCUT2D eigenvalue weighted by atomic mass is 15.0. The predicted octanol–water partition coefficient (Wildman–Crippen LogP) is 13.0. The van der Waals surface area contributed by atoms with Gasteiger partial charge in [0.1, 0.15) is 0 Å². The van der Waals surface area contributed by atoms with Gasteiger partial charge in [-0.05, 0) is 117 Å². The van der Waals surface area contributed by atoms with E-state index in [1.165, 1.54) is 71.7 Å². The first kappa shape index (κ1) is 34.5. The molecule has 4 bridgehead atoms. The molecule has 0 N–H and O–H groups in total. The van der Waals surface area contributed by atoms with Crippen LogP contribution in [0, 0.1) is 23.2 Å². The molecule has 2 unspecified atom stereocenters. The smallest absolute Gasteiger partial charge is 0.164 e. The lowest BCUT2D eigenvalue weighted by atomic mass is 9.41. The first-order valence-corrected chi connectivity index (χ1v) is 20.7. The van der Waals surface area contributed by atoms with Crippen molar-refractivity contribution in [3.05, 3.63) is 187 Å². The fourth-order valence-electron chi connectivity index (χ4n) is 11.4. The minimum atomic E-state index is 0.214. The second-order valence-corrected chi connectivity index (χ2v) is 17.1. The van der Waals surface area contributed by atoms with E-state index in [9.17, 15) is 5.26 Å². The number of hydrogen-bond donors (Lipinski definition) is 0. The summed E-state index contributed by atoms with van der Waals surface area (Å²) >= 11 is 0. The van der Waals surface area contributed by atoms with Crippen LogP contribution in [-0.4, -0.2) is 15.0 Å². The number of benzene rings is 7. The highest BCUT2D eigenvalue weighted by Gasteiger charge is 2.58. The minimum absolute atomic E-state index is 0.214. The van der Waals surface area contributed by atoms with E-state index in [1.54, 1.807) is 0 Å². The van der Waals surface area contributed by atoms with Crippen LogP contribution in [0.25, 0.3) is 67.2 Å². The predicted molar refractivity (Wildman–Crippen MR) is 234 cm³/mol. The van der Waals surface area contributed by atoms with Gasteiger partial charge in [-0.2, -0.15) is 5.26 Å². The van der Waals surface area contributed by atoms with Gasteiger partial charge in [-0.25, -0.2) is 15.0 Å². The highest BCUT2D eigenvalue weighted by molar-refractivity contribution is 6.03. The Kier molecular flexibility index (Phi) is 8.19. The van der Waals surface area contributed by atoms with Crippen LogP contribution < -0.4 is 0 Å². The van der Waals surface area contributed by atoms with Crippen LogP contribution in [0.1, 0.15) is 55.2 Å². The molecule has 58 heavy (non-hydrogen) atoms. The summed E-state index contributed by atoms with van der Waals surface area (Å²) in [6.07, 6.45) is 7.81. The van der Waals surface area contributed by atoms with E-state index in [2.05, 4.69) is 127 Å². The molecular formula is C54H42N4. The molecule has 0 amide bonds. The molecule has 0 radical (unpaired) electrons. The third-order valence-corrected chi connectivity index (χ3v) is 13.6. The van der Waals surface area contributed by atoms with Gasteiger partial charge in [-0.1, -0.05) is 158 Å². The Bertz CT molecular complexity index is 2770. The normalized spacial score (nSPS) is 21.8. The van der Waals surface area contributed by atoms with Gasteiger partial charge >= 0.3 is 0 Å². The third-order valence-electron chi connectivity index (χ3n) is 13.6. The zero-order chi connectivity index (χ0) is 38.7. The van der Waals surface area contributed by atoms with Crippen molar-refractivity contribution < 1.29 is 0 Å². The van der Waals surface area contributed by atoms with Gasteiger partial charge in [0.15, 0.2) is 17.5 Å². The average molecular weight is 747 g/mol. The summed E-state index contributed by atoms with van der Waals surface area (Å²) in [4.78, 5) is 15.1. The van der Waals surface area contributed by atoms with Crippen LogP contribution in [0.2, 0.25) is 0 Å². The fraction of sp³-hybridized carbons (Fsp3) is 0.185. The SMILES string of the molecule is N#Cc1ccc(-c2ccc(C34CC5CC(C3)CC(c3ccc(-c6cccc7c(-c8nc(-c9ccccc9)nc(-c9ccccc9)n8)cccc67)cc3)(C5)C4)cc2)cc1. The summed E-state index contributed by atoms with van der Waals surface area (Å²) in [6, 6.07) is 62.7. The Hall–Kier alpha value is -6.70. The Labute approximate surface area is 340 Å². The summed E-state index contributed by atoms with van der Waals surface area (Å²) in [5, 5.41) is 11.6. The Balaban J connectivity index is 0.924. The largest absolute Gasteiger partial charge is 0.208 e. The van der Waals surface area contributed by atoms with Crippen molar-refractivity contribution in [3.8, 4) is 62.5 Å². The highest BCUT2D eigenvalue weighted by Crippen LogP contribution is 2.66. The molecule has 0 spiro atoms. The van der Waals surface area contributed by atoms with E-state index in [0.29, 0.717) is 23.0 Å². The molecule has 1 heterocycles. The summed E-state index contributed by atoms with van der Waals surface area (Å²) in [5.41, 5.74) is 11.9. The van der Waals surface area contributed by atoms with Crippen molar-refractivity contribution in [2.24, 2.45) is 11.8 Å². The van der Waals surface area contributed by atoms with Crippen LogP contribution in [0.3, 0.4) is 0 Å². The first-order chi connectivity index (χ1) is 28.5. The molecule has 0 aliphatic heterocycles. The lowest BCUT2D eigenvalue weighted by Gasteiger charge is -2.63. The van der Waals surface area contributed by atoms with E-state index >= 15 is 0 Å². The van der Waals surface area contributed by atoms with Crippen LogP contribution >= 0.6 is 0 Å². The standard InChI is InChI=1S/C54H42N4/c55-34-36-17-19-39(20-18-36)40-21-25-44(26-22-40)53-30-37-29-38(31-53)33-54(32-37,35-53)45-27-23-41(24-28-45)46-13-7-15-48-47(46)14-8-16-49(48)52-57-50(42-9-3-1-4-10-42)56-51(58-52)43-11-5-2-6-12-43/h1-28,37-38H,29-33,35H2. The van der Waals surface area contributed by atoms with Crippen LogP contribution in [0.5, 0.6) is 0 Å². The number of fused-ring (bicyclic) bond motifs is 1. The van der Waals surface area contributed by atoms with Gasteiger partial charge < -0.3 is 0 Å². The van der Waals surface area contributed by atoms with E-state index in [-0.39, 0.29) is 10.8 Å². The number of hydrogen-bond acceptors (Lipinski definition) is 4. The van der Waals surface area contributed by atoms with Crippen molar-refractivity contribution in [2.45, 2.75) is 49.4 Å². The molecular weight excluding hydrogens is 705 g/mol. The van der Waals surface area contributed by atoms with E-state index in [0.717, 1.165) is 39.5 Å². The fourth-order valence-corrected chi connectivity index (χ4v) is 11.4. The summed E-state index contributed by atoms with van der Waals surface area (Å²) in [5.74, 6) is 3.55. The van der Waals surface area contributed by atoms with Gasteiger partial charge in [-0.15, -0.1) is 0 Å². The van der Waals surface area contributed by atoms with Gasteiger partial charge in [0, 0.05) is 16.7 Å². The summed E-state index contributed by atoms with van der Waals surface area (Å²) in [6.45, 7) is 0. The molecule has 4 heteroatoms. The number of nitriles is 1. The number of aromatic nitrogens is 3. The summed E-state index contributed by atoms with van der Waals surface area (Å²) < 4.78 is 0. The molecule has 0 saturated heterocycles. The second-order valence-electron chi connectivity index (χ2n) is 17.1. The van der Waals surface area contributed by atoms with Crippen molar-refractivity contribution >= 4 is 10.8 Å². The van der Waals surface area contributed by atoms with E-state index in [4.69, 9.17) is 15.0 Å². The van der Waals surface area contributed by atoms with Crippen molar-refractivity contribution in [3.63, 3.8) is 0 Å². The van der Waals surface area contributed by atoms with Crippen LogP contribution in [0.15, 0.2) is 170 Å². The van der Waals surface area contributed by atoms with Crippen molar-refractivity contribution in [2.75, 3.05) is 0 Å². The molecule has 4 aliphatic carbocycles. The van der Waals surface area contributed by atoms with Gasteiger partial charge in [-0.3, -0.25) is 0 Å². The molecule has 8 aromatic rings. The Morgan fingerprint density at radius 3 is 1.38 bits per heavy atom. The van der Waals surface area contributed by atoms with Gasteiger partial charge in [0.25, 0.3) is 0 Å². The third kappa shape index (κ3) is 5.93. The first-order valence-electron chi connectivity index (χ1n) is 20.7. The second kappa shape index (κ2) is 13.7. The summed E-state index contributed by atoms with van der Waals surface area (Å²) in [7, 11) is 0. The lowest BCUT2D eigenvalue weighted by Crippen LogP contribution is -2.55. The van der Waals surface area contributed by atoms with E-state index in [1.807, 2.05) is 48.5 Å².